The zero-order valence-electron chi connectivity index (χ0n) is 20.7. The van der Waals surface area contributed by atoms with Gasteiger partial charge in [-0.1, -0.05) is 78.9 Å². The number of benzene rings is 3. The van der Waals surface area contributed by atoms with Gasteiger partial charge in [-0.2, -0.15) is 0 Å². The van der Waals surface area contributed by atoms with Crippen LogP contribution in [0.3, 0.4) is 0 Å². The van der Waals surface area contributed by atoms with Crippen LogP contribution < -0.4 is 4.90 Å². The topological polar surface area (TPSA) is 24.7 Å². The van der Waals surface area contributed by atoms with Gasteiger partial charge in [0.05, 0.1) is 0 Å². The third kappa shape index (κ3) is 5.52. The van der Waals surface area contributed by atoms with Gasteiger partial charge in [-0.15, -0.1) is 0 Å². The third-order valence-corrected chi connectivity index (χ3v) is 6.23. The summed E-state index contributed by atoms with van der Waals surface area (Å²) in [7, 11) is 0. The highest BCUT2D eigenvalue weighted by Crippen LogP contribution is 2.24. The van der Waals surface area contributed by atoms with Gasteiger partial charge in [-0.3, -0.25) is 4.79 Å². The number of ketones is 1. The molecule has 0 saturated carbocycles. The van der Waals surface area contributed by atoms with E-state index in [0.717, 1.165) is 29.9 Å². The Kier molecular flexibility index (Phi) is 7.79. The number of fused-ring (bicyclic) bond motifs is 1. The molecule has 0 bridgehead atoms. The van der Waals surface area contributed by atoms with Gasteiger partial charge in [0.15, 0.2) is 5.78 Å². The molecule has 0 aliphatic heterocycles. The van der Waals surface area contributed by atoms with Crippen molar-refractivity contribution in [3.63, 3.8) is 0 Å². The number of carbonyl (C=O) groups is 1. The van der Waals surface area contributed by atoms with Crippen LogP contribution in [0.1, 0.15) is 35.5 Å². The fourth-order valence-corrected chi connectivity index (χ4v) is 4.32. The van der Waals surface area contributed by atoms with Crippen molar-refractivity contribution in [1.29, 1.82) is 0 Å². The molecule has 0 fully saturated rings. The molecule has 0 N–H and O–H groups in total. The molecule has 5 rings (SSSR count). The summed E-state index contributed by atoms with van der Waals surface area (Å²) in [5, 5.41) is 0. The number of nitrogens with zero attached hydrogens (tertiary/aromatic N) is 2. The number of hydrogen-bond donors (Lipinski definition) is 0. The standard InChI is InChI=1S/C17H19NO.C15H13N/c1-3-18(4-2)16-13-9-8-12-15(16)17(19)14-10-6-5-7-11-14;1-12-6-5-9-15-10-14(11-16(12)15)13-7-3-2-4-8-13/h5-13H,3-4H2,1-2H3;2-11H,1H3. The van der Waals surface area contributed by atoms with E-state index >= 15 is 0 Å². The number of pyridine rings is 1. The predicted molar refractivity (Wildman–Crippen MR) is 147 cm³/mol. The number of anilines is 1. The largest absolute Gasteiger partial charge is 0.371 e. The van der Waals surface area contributed by atoms with E-state index in [1.165, 1.54) is 22.3 Å². The number of aryl methyl sites for hydroxylation is 1. The Hall–Kier alpha value is -4.11. The second kappa shape index (κ2) is 11.3. The SMILES string of the molecule is CCN(CC)c1ccccc1C(=O)c1ccccc1.Cc1cccc2cc(-c3ccccc3)cn12. The summed E-state index contributed by atoms with van der Waals surface area (Å²) in [6, 6.07) is 36.3. The summed E-state index contributed by atoms with van der Waals surface area (Å²) in [5.41, 5.74) is 7.58. The van der Waals surface area contributed by atoms with Crippen LogP contribution in [0.4, 0.5) is 5.69 Å². The van der Waals surface area contributed by atoms with Gasteiger partial charge < -0.3 is 9.30 Å². The van der Waals surface area contributed by atoms with Crippen molar-refractivity contribution in [2.45, 2.75) is 20.8 Å². The van der Waals surface area contributed by atoms with Crippen LogP contribution in [-0.2, 0) is 0 Å². The Morgan fingerprint density at radius 2 is 1.34 bits per heavy atom. The van der Waals surface area contributed by atoms with Gasteiger partial charge in [0.1, 0.15) is 0 Å². The highest BCUT2D eigenvalue weighted by atomic mass is 16.1. The van der Waals surface area contributed by atoms with E-state index in [9.17, 15) is 4.79 Å². The normalized spacial score (nSPS) is 10.5. The van der Waals surface area contributed by atoms with Crippen molar-refractivity contribution in [3.8, 4) is 11.1 Å². The zero-order valence-corrected chi connectivity index (χ0v) is 20.7. The molecule has 2 heterocycles. The fraction of sp³-hybridized carbons (Fsp3) is 0.156. The first-order valence-electron chi connectivity index (χ1n) is 12.2. The maximum atomic E-state index is 12.6. The minimum Gasteiger partial charge on any atom is -0.371 e. The lowest BCUT2D eigenvalue weighted by molar-refractivity contribution is 0.103. The van der Waals surface area contributed by atoms with Crippen molar-refractivity contribution in [2.75, 3.05) is 18.0 Å². The first kappa shape index (κ1) is 24.0. The highest BCUT2D eigenvalue weighted by Gasteiger charge is 2.15. The van der Waals surface area contributed by atoms with Gasteiger partial charge in [-0.05, 0) is 56.7 Å². The van der Waals surface area contributed by atoms with Gasteiger partial charge in [0.25, 0.3) is 0 Å². The van der Waals surface area contributed by atoms with E-state index in [-0.39, 0.29) is 5.78 Å². The van der Waals surface area contributed by atoms with E-state index in [1.54, 1.807) is 0 Å². The molecule has 0 spiro atoms. The number of para-hydroxylation sites is 1. The molecule has 0 saturated heterocycles. The third-order valence-electron chi connectivity index (χ3n) is 6.23. The minimum atomic E-state index is 0.0862. The highest BCUT2D eigenvalue weighted by molar-refractivity contribution is 6.12. The van der Waals surface area contributed by atoms with Gasteiger partial charge in [0, 0.05) is 52.9 Å². The summed E-state index contributed by atoms with van der Waals surface area (Å²) in [6.07, 6.45) is 2.19. The molecule has 3 nitrogen and oxygen atoms in total. The van der Waals surface area contributed by atoms with Crippen LogP contribution in [0.15, 0.2) is 115 Å². The molecule has 0 aliphatic rings. The summed E-state index contributed by atoms with van der Waals surface area (Å²) in [5.74, 6) is 0.0862. The Morgan fingerprint density at radius 3 is 2.00 bits per heavy atom. The van der Waals surface area contributed by atoms with Crippen LogP contribution in [-0.4, -0.2) is 23.3 Å². The van der Waals surface area contributed by atoms with E-state index in [1.807, 2.05) is 60.7 Å². The quantitative estimate of drug-likeness (QED) is 0.243. The average molecular weight is 461 g/mol. The smallest absolute Gasteiger partial charge is 0.195 e. The lowest BCUT2D eigenvalue weighted by Crippen LogP contribution is -2.24. The average Bonchev–Trinajstić information content (AvgIpc) is 3.37. The molecule has 3 heteroatoms. The molecule has 3 aromatic carbocycles. The Bertz CT molecular complexity index is 1380. The van der Waals surface area contributed by atoms with Crippen LogP contribution in [0.5, 0.6) is 0 Å². The molecule has 0 amide bonds. The molecule has 5 aromatic rings. The summed E-state index contributed by atoms with van der Waals surface area (Å²) in [6.45, 7) is 8.13. The Labute approximate surface area is 208 Å². The number of rotatable bonds is 6. The van der Waals surface area contributed by atoms with Gasteiger partial charge >= 0.3 is 0 Å². The summed E-state index contributed by atoms with van der Waals surface area (Å²) >= 11 is 0. The van der Waals surface area contributed by atoms with Gasteiger partial charge in [-0.25, -0.2) is 0 Å². The molecule has 0 aliphatic carbocycles. The van der Waals surface area contributed by atoms with E-state index < -0.39 is 0 Å². The zero-order chi connectivity index (χ0) is 24.6. The molecule has 2 aromatic heterocycles. The molecule has 0 atom stereocenters. The number of carbonyl (C=O) groups excluding carboxylic acids is 1. The molecular formula is C32H32N2O. The molecule has 0 unspecified atom stereocenters. The van der Waals surface area contributed by atoms with Crippen LogP contribution in [0.2, 0.25) is 0 Å². The predicted octanol–water partition coefficient (Wildman–Crippen LogP) is 7.68. The monoisotopic (exact) mass is 460 g/mol. The first-order chi connectivity index (χ1) is 17.1. The Balaban J connectivity index is 0.000000167. The maximum absolute atomic E-state index is 12.6. The van der Waals surface area contributed by atoms with Crippen LogP contribution in [0.25, 0.3) is 16.6 Å². The van der Waals surface area contributed by atoms with Gasteiger partial charge in [0.2, 0.25) is 0 Å². The van der Waals surface area contributed by atoms with Crippen molar-refractivity contribution >= 4 is 17.0 Å². The van der Waals surface area contributed by atoms with Crippen molar-refractivity contribution in [1.82, 2.24) is 4.40 Å². The minimum absolute atomic E-state index is 0.0862. The van der Waals surface area contributed by atoms with E-state index in [4.69, 9.17) is 0 Å². The van der Waals surface area contributed by atoms with Crippen molar-refractivity contribution < 1.29 is 4.79 Å². The summed E-state index contributed by atoms with van der Waals surface area (Å²) < 4.78 is 2.22. The number of hydrogen-bond acceptors (Lipinski definition) is 2. The lowest BCUT2D eigenvalue weighted by atomic mass is 10.0. The summed E-state index contributed by atoms with van der Waals surface area (Å²) in [4.78, 5) is 14.8. The molecule has 35 heavy (non-hydrogen) atoms. The molecular weight excluding hydrogens is 428 g/mol. The van der Waals surface area contributed by atoms with Crippen molar-refractivity contribution in [2.24, 2.45) is 0 Å². The molecule has 176 valence electrons. The van der Waals surface area contributed by atoms with Crippen LogP contribution >= 0.6 is 0 Å². The fourth-order valence-electron chi connectivity index (χ4n) is 4.32. The first-order valence-corrected chi connectivity index (χ1v) is 12.2. The van der Waals surface area contributed by atoms with Crippen LogP contribution in [0, 0.1) is 6.92 Å². The van der Waals surface area contributed by atoms with E-state index in [2.05, 4.69) is 84.8 Å². The second-order valence-corrected chi connectivity index (χ2v) is 8.44. The molecule has 0 radical (unpaired) electrons. The number of aromatic nitrogens is 1. The van der Waals surface area contributed by atoms with E-state index in [0.29, 0.717) is 0 Å². The lowest BCUT2D eigenvalue weighted by Gasteiger charge is -2.23. The maximum Gasteiger partial charge on any atom is 0.195 e. The Morgan fingerprint density at radius 1 is 0.714 bits per heavy atom. The van der Waals surface area contributed by atoms with Crippen molar-refractivity contribution in [3.05, 3.63) is 132 Å². The second-order valence-electron chi connectivity index (χ2n) is 8.44.